The molecule has 0 fully saturated rings. The number of pyridine rings is 1. The summed E-state index contributed by atoms with van der Waals surface area (Å²) in [5, 5.41) is 0. The zero-order valence-electron chi connectivity index (χ0n) is 9.68. The van der Waals surface area contributed by atoms with Crippen LogP contribution in [0.5, 0.6) is 0 Å². The second kappa shape index (κ2) is 5.41. The molecule has 0 spiro atoms. The zero-order valence-corrected chi connectivity index (χ0v) is 10.5. The van der Waals surface area contributed by atoms with E-state index in [1.54, 1.807) is 0 Å². The minimum Gasteiger partial charge on any atom is -0.326 e. The summed E-state index contributed by atoms with van der Waals surface area (Å²) in [6.07, 6.45) is 4.45. The van der Waals surface area contributed by atoms with Gasteiger partial charge in [0.2, 0.25) is 0 Å². The predicted octanol–water partition coefficient (Wildman–Crippen LogP) is 0.558. The van der Waals surface area contributed by atoms with Gasteiger partial charge in [-0.2, -0.15) is 0 Å². The molecule has 2 N–H and O–H groups in total. The molecule has 4 nitrogen and oxygen atoms in total. The highest BCUT2D eigenvalue weighted by molar-refractivity contribution is 7.90. The number of hydrogen-bond acceptors (Lipinski definition) is 4. The van der Waals surface area contributed by atoms with E-state index >= 15 is 0 Å². The van der Waals surface area contributed by atoms with Gasteiger partial charge in [0.05, 0.1) is 5.75 Å². The Kier molecular flexibility index (Phi) is 4.44. The third kappa shape index (κ3) is 4.72. The molecule has 5 heteroatoms. The molecule has 0 aliphatic rings. The summed E-state index contributed by atoms with van der Waals surface area (Å²) in [6.45, 7) is 2.06. The minimum atomic E-state index is -3.01. The van der Waals surface area contributed by atoms with E-state index in [1.807, 2.05) is 18.3 Å². The molecule has 16 heavy (non-hydrogen) atoms. The molecule has 0 saturated heterocycles. The number of sulfone groups is 1. The van der Waals surface area contributed by atoms with Crippen molar-refractivity contribution in [1.29, 1.82) is 0 Å². The van der Waals surface area contributed by atoms with E-state index in [4.69, 9.17) is 5.73 Å². The summed E-state index contributed by atoms with van der Waals surface area (Å²) in [6, 6.07) is 3.52. The Morgan fingerprint density at radius 3 is 2.56 bits per heavy atom. The van der Waals surface area contributed by atoms with Crippen molar-refractivity contribution >= 4 is 9.84 Å². The Balaban J connectivity index is 2.59. The molecule has 0 saturated carbocycles. The SMILES string of the molecule is CCc1ccc(CC(N)CS(C)(=O)=O)nc1. The first-order valence-electron chi connectivity index (χ1n) is 5.28. The first-order valence-corrected chi connectivity index (χ1v) is 7.34. The van der Waals surface area contributed by atoms with Crippen LogP contribution >= 0.6 is 0 Å². The van der Waals surface area contributed by atoms with E-state index in [0.29, 0.717) is 6.42 Å². The monoisotopic (exact) mass is 242 g/mol. The molecular weight excluding hydrogens is 224 g/mol. The van der Waals surface area contributed by atoms with Gasteiger partial charge in [-0.3, -0.25) is 4.98 Å². The summed E-state index contributed by atoms with van der Waals surface area (Å²) in [5.74, 6) is 0.00418. The molecule has 1 aromatic heterocycles. The maximum Gasteiger partial charge on any atom is 0.148 e. The lowest BCUT2D eigenvalue weighted by molar-refractivity contribution is 0.590. The molecule has 0 aliphatic heterocycles. The van der Waals surface area contributed by atoms with Gasteiger partial charge in [0, 0.05) is 30.6 Å². The molecule has 0 aliphatic carbocycles. The van der Waals surface area contributed by atoms with Crippen molar-refractivity contribution in [3.8, 4) is 0 Å². The highest BCUT2D eigenvalue weighted by Gasteiger charge is 2.12. The van der Waals surface area contributed by atoms with Crippen LogP contribution in [-0.4, -0.2) is 31.5 Å². The average Bonchev–Trinajstić information content (AvgIpc) is 2.16. The molecule has 90 valence electrons. The Bertz CT molecular complexity index is 426. The number of aromatic nitrogens is 1. The first-order chi connectivity index (χ1) is 7.40. The Hall–Kier alpha value is -0.940. The number of nitrogens with zero attached hydrogens (tertiary/aromatic N) is 1. The predicted molar refractivity (Wildman–Crippen MR) is 65.0 cm³/mol. The van der Waals surface area contributed by atoms with Crippen LogP contribution < -0.4 is 5.73 Å². The van der Waals surface area contributed by atoms with Gasteiger partial charge < -0.3 is 5.73 Å². The topological polar surface area (TPSA) is 73.1 Å². The Labute approximate surface area is 96.8 Å². The fraction of sp³-hybridized carbons (Fsp3) is 0.545. The Morgan fingerprint density at radius 2 is 2.12 bits per heavy atom. The van der Waals surface area contributed by atoms with Crippen LogP contribution in [0.1, 0.15) is 18.2 Å². The first kappa shape index (κ1) is 13.1. The summed E-state index contributed by atoms with van der Waals surface area (Å²) >= 11 is 0. The minimum absolute atomic E-state index is 0.00418. The number of aryl methyl sites for hydroxylation is 1. The lowest BCUT2D eigenvalue weighted by Gasteiger charge is -2.09. The van der Waals surface area contributed by atoms with Crippen molar-refractivity contribution in [2.45, 2.75) is 25.8 Å². The van der Waals surface area contributed by atoms with E-state index in [2.05, 4.69) is 11.9 Å². The summed E-state index contributed by atoms with van der Waals surface area (Å²) < 4.78 is 22.1. The molecule has 0 amide bonds. The number of nitrogens with two attached hydrogens (primary N) is 1. The summed E-state index contributed by atoms with van der Waals surface area (Å²) in [4.78, 5) is 4.24. The summed E-state index contributed by atoms with van der Waals surface area (Å²) in [7, 11) is -3.01. The molecule has 1 atom stereocenters. The van der Waals surface area contributed by atoms with Crippen molar-refractivity contribution in [3.05, 3.63) is 29.6 Å². The van der Waals surface area contributed by atoms with Crippen LogP contribution in [0, 0.1) is 0 Å². The molecule has 1 heterocycles. The highest BCUT2D eigenvalue weighted by Crippen LogP contribution is 2.04. The summed E-state index contributed by atoms with van der Waals surface area (Å²) in [5.41, 5.74) is 7.75. The van der Waals surface area contributed by atoms with E-state index in [-0.39, 0.29) is 11.8 Å². The second-order valence-corrected chi connectivity index (χ2v) is 6.25. The highest BCUT2D eigenvalue weighted by atomic mass is 32.2. The van der Waals surface area contributed by atoms with E-state index in [9.17, 15) is 8.42 Å². The molecule has 1 unspecified atom stereocenters. The zero-order chi connectivity index (χ0) is 12.2. The fourth-order valence-electron chi connectivity index (χ4n) is 1.50. The average molecular weight is 242 g/mol. The lowest BCUT2D eigenvalue weighted by Crippen LogP contribution is -2.31. The van der Waals surface area contributed by atoms with Gasteiger partial charge in [-0.05, 0) is 18.1 Å². The van der Waals surface area contributed by atoms with Gasteiger partial charge in [-0.1, -0.05) is 13.0 Å². The molecular formula is C11H18N2O2S. The largest absolute Gasteiger partial charge is 0.326 e. The molecule has 0 aromatic carbocycles. The standard InChI is InChI=1S/C11H18N2O2S/c1-3-9-4-5-11(13-7-9)6-10(12)8-16(2,14)15/h4-5,7,10H,3,6,8,12H2,1-2H3. The smallest absolute Gasteiger partial charge is 0.148 e. The second-order valence-electron chi connectivity index (χ2n) is 4.07. The third-order valence-electron chi connectivity index (χ3n) is 2.28. The van der Waals surface area contributed by atoms with Crippen LogP contribution in [-0.2, 0) is 22.7 Å². The van der Waals surface area contributed by atoms with Crippen molar-refractivity contribution in [2.24, 2.45) is 5.73 Å². The molecule has 0 radical (unpaired) electrons. The van der Waals surface area contributed by atoms with E-state index in [1.165, 1.54) is 11.8 Å². The lowest BCUT2D eigenvalue weighted by atomic mass is 10.1. The molecule has 1 rings (SSSR count). The number of rotatable bonds is 5. The maximum atomic E-state index is 11.0. The van der Waals surface area contributed by atoms with Crippen molar-refractivity contribution in [3.63, 3.8) is 0 Å². The molecule has 1 aromatic rings. The van der Waals surface area contributed by atoms with Crippen LogP contribution in [0.15, 0.2) is 18.3 Å². The number of hydrogen-bond donors (Lipinski definition) is 1. The quantitative estimate of drug-likeness (QED) is 0.818. The van der Waals surface area contributed by atoms with Crippen LogP contribution in [0.2, 0.25) is 0 Å². The Morgan fingerprint density at radius 1 is 1.44 bits per heavy atom. The third-order valence-corrected chi connectivity index (χ3v) is 3.32. The van der Waals surface area contributed by atoms with Crippen LogP contribution in [0.3, 0.4) is 0 Å². The maximum absolute atomic E-state index is 11.0. The van der Waals surface area contributed by atoms with Gasteiger partial charge in [0.25, 0.3) is 0 Å². The van der Waals surface area contributed by atoms with Gasteiger partial charge in [0.1, 0.15) is 9.84 Å². The van der Waals surface area contributed by atoms with E-state index in [0.717, 1.165) is 12.1 Å². The van der Waals surface area contributed by atoms with Gasteiger partial charge in [-0.15, -0.1) is 0 Å². The van der Waals surface area contributed by atoms with Crippen molar-refractivity contribution in [1.82, 2.24) is 4.98 Å². The van der Waals surface area contributed by atoms with Crippen molar-refractivity contribution < 1.29 is 8.42 Å². The fourth-order valence-corrected chi connectivity index (χ4v) is 2.40. The van der Waals surface area contributed by atoms with Gasteiger partial charge in [-0.25, -0.2) is 8.42 Å². The van der Waals surface area contributed by atoms with Gasteiger partial charge >= 0.3 is 0 Å². The van der Waals surface area contributed by atoms with E-state index < -0.39 is 9.84 Å². The van der Waals surface area contributed by atoms with Crippen molar-refractivity contribution in [2.75, 3.05) is 12.0 Å². The van der Waals surface area contributed by atoms with Crippen LogP contribution in [0.4, 0.5) is 0 Å². The van der Waals surface area contributed by atoms with Crippen LogP contribution in [0.25, 0.3) is 0 Å². The normalized spacial score (nSPS) is 13.7. The van der Waals surface area contributed by atoms with Gasteiger partial charge in [0.15, 0.2) is 0 Å². The molecule has 0 bridgehead atoms.